The molecule has 1 amide bonds. The average molecular weight is 654 g/mol. The Bertz CT molecular complexity index is 1600. The van der Waals surface area contributed by atoms with Crippen molar-refractivity contribution >= 4 is 45.9 Å². The number of carbonyl (C=O) groups excluding carboxylic acids is 2. The molecule has 1 unspecified atom stereocenters. The Labute approximate surface area is 273 Å². The van der Waals surface area contributed by atoms with Crippen LogP contribution in [-0.2, 0) is 20.7 Å². The van der Waals surface area contributed by atoms with Gasteiger partial charge in [-0.2, -0.15) is 0 Å². The Morgan fingerprint density at radius 2 is 1.72 bits per heavy atom. The maximum Gasteiger partial charge on any atom is 0.306 e. The smallest absolute Gasteiger partial charge is 0.306 e. The van der Waals surface area contributed by atoms with Crippen LogP contribution in [0.5, 0.6) is 0 Å². The van der Waals surface area contributed by atoms with Gasteiger partial charge in [0.15, 0.2) is 5.78 Å². The normalized spacial score (nSPS) is 25.5. The first-order chi connectivity index (χ1) is 22.1. The molecule has 246 valence electrons. The van der Waals surface area contributed by atoms with Crippen molar-refractivity contribution in [3.63, 3.8) is 0 Å². The van der Waals surface area contributed by atoms with Crippen LogP contribution >= 0.6 is 11.6 Å². The van der Waals surface area contributed by atoms with Gasteiger partial charge in [0.2, 0.25) is 5.85 Å². The number of amides is 1. The topological polar surface area (TPSA) is 112 Å². The van der Waals surface area contributed by atoms with E-state index in [2.05, 4.69) is 29.0 Å². The molecule has 11 heteroatoms. The highest BCUT2D eigenvalue weighted by atomic mass is 35.5. The summed E-state index contributed by atoms with van der Waals surface area (Å²) in [7, 11) is 0. The fourth-order valence-electron chi connectivity index (χ4n) is 7.61. The molecule has 46 heavy (non-hydrogen) atoms. The van der Waals surface area contributed by atoms with Crippen molar-refractivity contribution < 1.29 is 33.0 Å². The minimum Gasteiger partial charge on any atom is -0.481 e. The van der Waals surface area contributed by atoms with E-state index < -0.39 is 29.5 Å². The summed E-state index contributed by atoms with van der Waals surface area (Å²) in [5.41, 5.74) is 1.05. The number of para-hydroxylation sites is 1. The highest BCUT2D eigenvalue weighted by molar-refractivity contribution is 6.34. The first-order valence-corrected chi connectivity index (χ1v) is 16.7. The summed E-state index contributed by atoms with van der Waals surface area (Å²) in [5.74, 6) is -4.06. The summed E-state index contributed by atoms with van der Waals surface area (Å²) in [5, 5.41) is 13.0. The van der Waals surface area contributed by atoms with Crippen LogP contribution in [-0.4, -0.2) is 69.7 Å². The predicted octanol–water partition coefficient (Wildman–Crippen LogP) is 6.87. The van der Waals surface area contributed by atoms with Crippen LogP contribution in [0.2, 0.25) is 5.02 Å². The van der Waals surface area contributed by atoms with E-state index in [9.17, 15) is 19.5 Å². The van der Waals surface area contributed by atoms with E-state index in [4.69, 9.17) is 20.8 Å². The summed E-state index contributed by atoms with van der Waals surface area (Å²) in [6.45, 7) is 5.54. The molecule has 1 aliphatic carbocycles. The van der Waals surface area contributed by atoms with Crippen LogP contribution in [0.25, 0.3) is 11.0 Å². The summed E-state index contributed by atoms with van der Waals surface area (Å²) < 4.78 is 28.2. The molecule has 3 aliphatic rings. The first-order valence-electron chi connectivity index (χ1n) is 16.3. The fourth-order valence-corrected chi connectivity index (χ4v) is 7.84. The number of nitrogens with one attached hydrogen (secondary N) is 1. The molecule has 2 saturated heterocycles. The van der Waals surface area contributed by atoms with Gasteiger partial charge < -0.3 is 19.6 Å². The number of rotatable bonds is 10. The molecule has 3 heterocycles. The van der Waals surface area contributed by atoms with Crippen LogP contribution in [0.3, 0.4) is 0 Å². The van der Waals surface area contributed by atoms with E-state index in [0.717, 1.165) is 31.7 Å². The summed E-state index contributed by atoms with van der Waals surface area (Å²) in [4.78, 5) is 43.8. The Hall–Kier alpha value is -3.31. The molecule has 3 fully saturated rings. The first kappa shape index (κ1) is 32.6. The van der Waals surface area contributed by atoms with Gasteiger partial charge in [0.05, 0.1) is 28.3 Å². The zero-order valence-corrected chi connectivity index (χ0v) is 27.0. The Morgan fingerprint density at radius 1 is 1.04 bits per heavy atom. The standard InChI is InChI=1S/C35H41ClFN3O6/c1-21-9-10-22(2)40(21)35(39-15-5-6-16-39,46-25-13-11-23(12-14-25)34(43)44)32(41)18-24-17-28(36)30(19-29(24)37)38-33(42)27-20-45-31-8-4-3-7-26(27)31/h3-4,7-8,17,19-23,25H,5-6,9-16,18H2,1-2H3,(H,38,42)(H,43,44)/t21-,22+,23?,25?,35?. The third kappa shape index (κ3) is 6.20. The van der Waals surface area contributed by atoms with Gasteiger partial charge in [-0.25, -0.2) is 4.39 Å². The highest BCUT2D eigenvalue weighted by Crippen LogP contribution is 2.41. The van der Waals surface area contributed by atoms with E-state index >= 15 is 4.39 Å². The number of carboxylic acids is 1. The van der Waals surface area contributed by atoms with Gasteiger partial charge in [-0.1, -0.05) is 29.8 Å². The summed E-state index contributed by atoms with van der Waals surface area (Å²) >= 11 is 6.60. The lowest BCUT2D eigenvalue weighted by Crippen LogP contribution is -2.70. The third-order valence-corrected chi connectivity index (χ3v) is 10.3. The molecule has 6 rings (SSSR count). The van der Waals surface area contributed by atoms with Gasteiger partial charge in [0.1, 0.15) is 17.7 Å². The number of halogens is 2. The molecule has 2 N–H and O–H groups in total. The second kappa shape index (κ2) is 13.4. The molecule has 0 spiro atoms. The molecule has 3 atom stereocenters. The third-order valence-electron chi connectivity index (χ3n) is 10.0. The van der Waals surface area contributed by atoms with Crippen LogP contribution in [0, 0.1) is 11.7 Å². The number of aliphatic carboxylic acids is 1. The molecule has 2 aromatic carbocycles. The predicted molar refractivity (Wildman–Crippen MR) is 172 cm³/mol. The van der Waals surface area contributed by atoms with Crippen LogP contribution in [0.1, 0.15) is 81.1 Å². The summed E-state index contributed by atoms with van der Waals surface area (Å²) in [6, 6.07) is 9.78. The van der Waals surface area contributed by atoms with Crippen molar-refractivity contribution in [2.45, 2.75) is 95.7 Å². The van der Waals surface area contributed by atoms with Crippen molar-refractivity contribution in [1.29, 1.82) is 0 Å². The number of Topliss-reactive ketones (excluding diaryl/α,β-unsaturated/α-hetero) is 1. The minimum absolute atomic E-state index is 0.0555. The zero-order chi connectivity index (χ0) is 32.6. The van der Waals surface area contributed by atoms with Crippen LogP contribution in [0.4, 0.5) is 10.1 Å². The summed E-state index contributed by atoms with van der Waals surface area (Å²) in [6.07, 6.45) is 6.48. The number of hydrogen-bond acceptors (Lipinski definition) is 7. The molecule has 1 aromatic heterocycles. The largest absolute Gasteiger partial charge is 0.481 e. The number of nitrogens with zero attached hydrogens (tertiary/aromatic N) is 2. The number of hydrogen-bond donors (Lipinski definition) is 2. The SMILES string of the molecule is C[C@@H]1CC[C@H](C)N1C(OC1CCC(C(=O)O)CC1)(C(=O)Cc1cc(Cl)c(NC(=O)c2coc3ccccc23)cc1F)N1CCCC1. The zero-order valence-electron chi connectivity index (χ0n) is 26.3. The Morgan fingerprint density at radius 3 is 2.39 bits per heavy atom. The molecular weight excluding hydrogens is 613 g/mol. The monoisotopic (exact) mass is 653 g/mol. The average Bonchev–Trinajstić information content (AvgIpc) is 3.80. The fraction of sp³-hybridized carbons (Fsp3) is 0.514. The lowest BCUT2D eigenvalue weighted by molar-refractivity contribution is -0.265. The Kier molecular flexibility index (Phi) is 9.53. The van der Waals surface area contributed by atoms with Gasteiger partial charge in [0.25, 0.3) is 5.91 Å². The van der Waals surface area contributed by atoms with Crippen LogP contribution < -0.4 is 5.32 Å². The number of carboxylic acid groups (broad SMARTS) is 1. The van der Waals surface area contributed by atoms with Gasteiger partial charge >= 0.3 is 5.97 Å². The maximum atomic E-state index is 15.8. The number of anilines is 1. The second-order valence-electron chi connectivity index (χ2n) is 13.0. The van der Waals surface area contributed by atoms with Crippen molar-refractivity contribution in [1.82, 2.24) is 9.80 Å². The number of ether oxygens (including phenoxy) is 1. The van der Waals surface area contributed by atoms with Crippen LogP contribution in [0.15, 0.2) is 47.1 Å². The van der Waals surface area contributed by atoms with Crippen molar-refractivity contribution in [3.05, 3.63) is 64.6 Å². The van der Waals surface area contributed by atoms with Gasteiger partial charge in [0, 0.05) is 37.0 Å². The quantitative estimate of drug-likeness (QED) is 0.244. The van der Waals surface area contributed by atoms with Gasteiger partial charge in [-0.05, 0) is 89.0 Å². The van der Waals surface area contributed by atoms with Gasteiger partial charge in [-0.15, -0.1) is 0 Å². The Balaban J connectivity index is 1.29. The van der Waals surface area contributed by atoms with E-state index in [1.54, 1.807) is 24.3 Å². The number of furan rings is 1. The molecular formula is C35H41ClFN3O6. The highest BCUT2D eigenvalue weighted by Gasteiger charge is 2.56. The molecule has 2 aliphatic heterocycles. The number of benzene rings is 2. The maximum absolute atomic E-state index is 15.8. The number of ketones is 1. The lowest BCUT2D eigenvalue weighted by Gasteiger charge is -2.51. The number of likely N-dealkylation sites (tertiary alicyclic amines) is 2. The molecule has 1 saturated carbocycles. The minimum atomic E-state index is -1.42. The van der Waals surface area contributed by atoms with Crippen molar-refractivity contribution in [2.75, 3.05) is 18.4 Å². The lowest BCUT2D eigenvalue weighted by atomic mass is 9.87. The molecule has 0 bridgehead atoms. The van der Waals surface area contributed by atoms with E-state index in [-0.39, 0.29) is 46.7 Å². The van der Waals surface area contributed by atoms with Crippen molar-refractivity contribution in [2.24, 2.45) is 5.92 Å². The van der Waals surface area contributed by atoms with E-state index in [1.165, 1.54) is 12.3 Å². The van der Waals surface area contributed by atoms with E-state index in [0.29, 0.717) is 55.3 Å². The molecule has 3 aromatic rings. The molecule has 0 radical (unpaired) electrons. The molecule has 9 nitrogen and oxygen atoms in total. The van der Waals surface area contributed by atoms with E-state index in [1.807, 2.05) is 0 Å². The van der Waals surface area contributed by atoms with Gasteiger partial charge in [-0.3, -0.25) is 24.2 Å². The number of fused-ring (bicyclic) bond motifs is 1. The van der Waals surface area contributed by atoms with Crippen molar-refractivity contribution in [3.8, 4) is 0 Å². The number of carbonyl (C=O) groups is 3. The second-order valence-corrected chi connectivity index (χ2v) is 13.4.